The van der Waals surface area contributed by atoms with Crippen molar-refractivity contribution in [3.63, 3.8) is 0 Å². The molecule has 0 saturated carbocycles. The van der Waals surface area contributed by atoms with Crippen LogP contribution in [0.15, 0.2) is 40.5 Å². The molecular weight excluding hydrogens is 433 g/mol. The summed E-state index contributed by atoms with van der Waals surface area (Å²) in [5.74, 6) is 0. The van der Waals surface area contributed by atoms with E-state index in [0.29, 0.717) is 0 Å². The molecule has 0 atom stereocenters. The Morgan fingerprint density at radius 3 is 1.93 bits per heavy atom. The topological polar surface area (TPSA) is 23.8 Å². The summed E-state index contributed by atoms with van der Waals surface area (Å²) in [7, 11) is 0. The van der Waals surface area contributed by atoms with Gasteiger partial charge in [-0.15, -0.1) is 0 Å². The van der Waals surface area contributed by atoms with Gasteiger partial charge in [-0.25, -0.2) is 0 Å². The maximum absolute atomic E-state index is 9.08. The normalized spacial score (nSPS) is 11.9. The van der Waals surface area contributed by atoms with Crippen LogP contribution in [0.25, 0.3) is 16.8 Å². The number of unbranched alkanes of at least 4 members (excludes halogenated alkanes) is 3. The fourth-order valence-corrected chi connectivity index (χ4v) is 18.1. The summed E-state index contributed by atoms with van der Waals surface area (Å²) in [5, 5.41) is 11.5. The Morgan fingerprint density at radius 1 is 0.815 bits per heavy atom. The third-order valence-electron chi connectivity index (χ3n) is 5.71. The molecule has 1 nitrogen and oxygen atoms in total. The van der Waals surface area contributed by atoms with Crippen molar-refractivity contribution in [1.29, 1.82) is 5.26 Å². The fourth-order valence-electron chi connectivity index (χ4n) is 3.92. The molecule has 0 aliphatic carbocycles. The van der Waals surface area contributed by atoms with Gasteiger partial charge in [-0.2, -0.15) is 0 Å². The van der Waals surface area contributed by atoms with Crippen molar-refractivity contribution in [3.05, 3.63) is 51.6 Å². The average Bonchev–Trinajstić information content (AvgIpc) is 2.72. The molecule has 2 heteroatoms. The first-order valence-electron chi connectivity index (χ1n) is 10.8. The van der Waals surface area contributed by atoms with Gasteiger partial charge in [0.25, 0.3) is 0 Å². The SMILES string of the molecule is CCC[CH2][Sn](/[CH]=C/c1ccc2cc(C#N)ccc2c1)([CH2]CCC)[CH2]CCC. The summed E-state index contributed by atoms with van der Waals surface area (Å²) in [4.78, 5) is 0. The minimum atomic E-state index is -2.22. The van der Waals surface area contributed by atoms with Crippen LogP contribution < -0.4 is 0 Å². The van der Waals surface area contributed by atoms with Gasteiger partial charge in [0.2, 0.25) is 0 Å². The molecule has 0 saturated heterocycles. The van der Waals surface area contributed by atoms with Gasteiger partial charge in [0.05, 0.1) is 0 Å². The van der Waals surface area contributed by atoms with Gasteiger partial charge in [-0.1, -0.05) is 0 Å². The van der Waals surface area contributed by atoms with Gasteiger partial charge in [-0.05, 0) is 0 Å². The molecule has 2 aromatic carbocycles. The van der Waals surface area contributed by atoms with Crippen LogP contribution in [0.2, 0.25) is 13.3 Å². The summed E-state index contributed by atoms with van der Waals surface area (Å²) in [5.41, 5.74) is 2.05. The molecule has 144 valence electrons. The summed E-state index contributed by atoms with van der Waals surface area (Å²) < 4.78 is 7.28. The Bertz CT molecular complexity index is 763. The second-order valence-corrected chi connectivity index (χ2v) is 20.9. The zero-order valence-corrected chi connectivity index (χ0v) is 20.3. The third-order valence-corrected chi connectivity index (χ3v) is 19.8. The number of nitrogens with zero attached hydrogens (tertiary/aromatic N) is 1. The van der Waals surface area contributed by atoms with Crippen LogP contribution in [0.4, 0.5) is 0 Å². The number of hydrogen-bond acceptors (Lipinski definition) is 1. The minimum absolute atomic E-state index is 0.736. The van der Waals surface area contributed by atoms with E-state index in [4.69, 9.17) is 5.26 Å². The second kappa shape index (κ2) is 11.5. The molecule has 2 aromatic rings. The molecule has 0 aliphatic heterocycles. The van der Waals surface area contributed by atoms with Gasteiger partial charge in [0.1, 0.15) is 0 Å². The van der Waals surface area contributed by atoms with Crippen LogP contribution in [0, 0.1) is 11.3 Å². The van der Waals surface area contributed by atoms with E-state index in [9.17, 15) is 0 Å². The van der Waals surface area contributed by atoms with E-state index in [1.54, 1.807) is 0 Å². The van der Waals surface area contributed by atoms with E-state index in [-0.39, 0.29) is 0 Å². The van der Waals surface area contributed by atoms with Crippen LogP contribution in [0.1, 0.15) is 70.4 Å². The summed E-state index contributed by atoms with van der Waals surface area (Å²) >= 11 is -2.22. The zero-order chi connectivity index (χ0) is 19.5. The monoisotopic (exact) mass is 469 g/mol. The molecule has 0 spiro atoms. The molecule has 0 unspecified atom stereocenters. The standard InChI is InChI=1S/C13H8N.3C4H9.Sn/c1-2-10-3-5-13-8-11(9-14)4-6-12(13)7-10;3*1-3-4-2;/h1-8H;3*1,3-4H2,2H3;. The Balaban J connectivity index is 2.29. The zero-order valence-electron chi connectivity index (χ0n) is 17.4. The van der Waals surface area contributed by atoms with E-state index in [1.165, 1.54) is 62.8 Å². The van der Waals surface area contributed by atoms with Crippen molar-refractivity contribution >= 4 is 35.2 Å². The Labute approximate surface area is 170 Å². The van der Waals surface area contributed by atoms with E-state index >= 15 is 0 Å². The third kappa shape index (κ3) is 6.68. The number of hydrogen-bond donors (Lipinski definition) is 0. The van der Waals surface area contributed by atoms with Gasteiger partial charge in [0.15, 0.2) is 0 Å². The summed E-state index contributed by atoms with van der Waals surface area (Å²) in [6.45, 7) is 7.00. The van der Waals surface area contributed by atoms with Crippen molar-refractivity contribution in [2.45, 2.75) is 72.6 Å². The molecule has 0 heterocycles. The maximum atomic E-state index is 9.08. The Morgan fingerprint density at radius 2 is 1.37 bits per heavy atom. The first-order valence-corrected chi connectivity index (χ1v) is 18.5. The summed E-state index contributed by atoms with van der Waals surface area (Å²) in [6.07, 6.45) is 10.6. The van der Waals surface area contributed by atoms with Crippen molar-refractivity contribution < 1.29 is 0 Å². The summed E-state index contributed by atoms with van der Waals surface area (Å²) in [6, 6.07) is 14.9. The van der Waals surface area contributed by atoms with Crippen molar-refractivity contribution in [2.24, 2.45) is 0 Å². The van der Waals surface area contributed by atoms with Crippen LogP contribution in [-0.2, 0) is 0 Å². The van der Waals surface area contributed by atoms with Gasteiger partial charge in [-0.3, -0.25) is 0 Å². The van der Waals surface area contributed by atoms with Crippen molar-refractivity contribution in [3.8, 4) is 6.07 Å². The molecule has 27 heavy (non-hydrogen) atoms. The fraction of sp³-hybridized carbons (Fsp3) is 0.480. The second-order valence-electron chi connectivity index (χ2n) is 7.94. The van der Waals surface area contributed by atoms with Crippen molar-refractivity contribution in [1.82, 2.24) is 0 Å². The van der Waals surface area contributed by atoms with Crippen LogP contribution in [0.5, 0.6) is 0 Å². The Hall–Kier alpha value is -1.27. The molecular formula is C25H35NSn. The first-order chi connectivity index (χ1) is 13.2. The van der Waals surface area contributed by atoms with Gasteiger partial charge < -0.3 is 0 Å². The number of nitriles is 1. The van der Waals surface area contributed by atoms with E-state index in [1.807, 2.05) is 12.1 Å². The van der Waals surface area contributed by atoms with E-state index < -0.39 is 18.4 Å². The molecule has 0 bridgehead atoms. The predicted octanol–water partition coefficient (Wildman–Crippen LogP) is 8.11. The van der Waals surface area contributed by atoms with Crippen LogP contribution in [0.3, 0.4) is 0 Å². The molecule has 0 aliphatic rings. The molecule has 0 amide bonds. The van der Waals surface area contributed by atoms with Gasteiger partial charge in [0, 0.05) is 0 Å². The molecule has 0 fully saturated rings. The number of fused-ring (bicyclic) bond motifs is 1. The molecule has 0 aromatic heterocycles. The number of benzene rings is 2. The van der Waals surface area contributed by atoms with E-state index in [2.05, 4.69) is 61.3 Å². The van der Waals surface area contributed by atoms with Gasteiger partial charge >= 0.3 is 171 Å². The molecule has 0 N–H and O–H groups in total. The van der Waals surface area contributed by atoms with Crippen molar-refractivity contribution in [2.75, 3.05) is 0 Å². The average molecular weight is 468 g/mol. The quantitative estimate of drug-likeness (QED) is 0.306. The van der Waals surface area contributed by atoms with Crippen LogP contribution >= 0.6 is 0 Å². The molecule has 0 radical (unpaired) electrons. The first kappa shape index (κ1) is 22.0. The Kier molecular flexibility index (Phi) is 9.42. The molecule has 2 rings (SSSR count). The predicted molar refractivity (Wildman–Crippen MR) is 123 cm³/mol. The van der Waals surface area contributed by atoms with E-state index in [0.717, 1.165) is 10.9 Å². The van der Waals surface area contributed by atoms with Crippen LogP contribution in [-0.4, -0.2) is 18.4 Å². The number of rotatable bonds is 11.